The molecule has 0 aliphatic heterocycles. The van der Waals surface area contributed by atoms with Crippen LogP contribution in [-0.4, -0.2) is 24.6 Å². The summed E-state index contributed by atoms with van der Waals surface area (Å²) in [4.78, 5) is 24.1. The number of hydrazone groups is 1. The number of carbonyl (C=O) groups excluding carboxylic acids is 2. The fraction of sp³-hybridized carbons (Fsp3) is 0.0455. The Morgan fingerprint density at radius 1 is 0.903 bits per heavy atom. The highest BCUT2D eigenvalue weighted by atomic mass is 35.5. The number of rotatable bonds is 7. The Bertz CT molecular complexity index is 1100. The molecule has 3 aromatic carbocycles. The second-order valence-electron chi connectivity index (χ2n) is 6.20. The van der Waals surface area contributed by atoms with Crippen LogP contribution in [0.3, 0.4) is 0 Å². The van der Waals surface area contributed by atoms with Gasteiger partial charge in [0.05, 0.1) is 27.0 Å². The van der Waals surface area contributed by atoms with Crippen LogP contribution < -0.4 is 15.5 Å². The van der Waals surface area contributed by atoms with Crippen molar-refractivity contribution in [3.63, 3.8) is 0 Å². The highest BCUT2D eigenvalue weighted by Gasteiger charge is 2.12. The van der Waals surface area contributed by atoms with Gasteiger partial charge in [-0.25, -0.2) is 5.43 Å². The van der Waals surface area contributed by atoms with Crippen molar-refractivity contribution < 1.29 is 14.3 Å². The second kappa shape index (κ2) is 10.8. The van der Waals surface area contributed by atoms with E-state index in [9.17, 15) is 9.59 Å². The molecule has 6 nitrogen and oxygen atoms in total. The van der Waals surface area contributed by atoms with Crippen molar-refractivity contribution in [2.45, 2.75) is 0 Å². The van der Waals surface area contributed by atoms with Gasteiger partial charge in [0, 0.05) is 5.56 Å². The number of nitrogens with one attached hydrogen (secondary N) is 2. The lowest BCUT2D eigenvalue weighted by molar-refractivity contribution is -0.118. The van der Waals surface area contributed by atoms with E-state index in [2.05, 4.69) is 15.8 Å². The first-order valence-electron chi connectivity index (χ1n) is 8.98. The van der Waals surface area contributed by atoms with Gasteiger partial charge in [0.1, 0.15) is 0 Å². The maximum atomic E-state index is 12.1. The molecule has 0 fully saturated rings. The molecule has 0 aliphatic carbocycles. The molecule has 2 amide bonds. The molecular formula is C22H16Cl3N3O3. The number of benzene rings is 3. The molecular weight excluding hydrogens is 461 g/mol. The van der Waals surface area contributed by atoms with Crippen LogP contribution >= 0.6 is 34.8 Å². The van der Waals surface area contributed by atoms with Gasteiger partial charge in [0.25, 0.3) is 11.8 Å². The number of anilines is 1. The Labute approximate surface area is 193 Å². The zero-order chi connectivity index (χ0) is 22.2. The smallest absolute Gasteiger partial charge is 0.271 e. The molecule has 0 saturated heterocycles. The summed E-state index contributed by atoms with van der Waals surface area (Å²) in [5.74, 6) is -0.615. The molecule has 0 heterocycles. The van der Waals surface area contributed by atoms with Gasteiger partial charge in [0.2, 0.25) is 0 Å². The Hall–Kier alpha value is -3.06. The van der Waals surface area contributed by atoms with Gasteiger partial charge in [-0.3, -0.25) is 9.59 Å². The minimum atomic E-state index is -0.422. The minimum Gasteiger partial charge on any atom is -0.481 e. The number of ether oxygens (including phenoxy) is 1. The summed E-state index contributed by atoms with van der Waals surface area (Å²) in [6.45, 7) is -0.314. The molecule has 0 atom stereocenters. The zero-order valence-corrected chi connectivity index (χ0v) is 18.2. The maximum Gasteiger partial charge on any atom is 0.271 e. The molecule has 0 radical (unpaired) electrons. The van der Waals surface area contributed by atoms with Crippen LogP contribution in [0.1, 0.15) is 15.9 Å². The summed E-state index contributed by atoms with van der Waals surface area (Å²) in [5, 5.41) is 7.33. The number of hydrogen-bond acceptors (Lipinski definition) is 4. The lowest BCUT2D eigenvalue weighted by Crippen LogP contribution is -2.20. The number of para-hydroxylation sites is 1. The maximum absolute atomic E-state index is 12.1. The van der Waals surface area contributed by atoms with E-state index in [1.165, 1.54) is 6.21 Å². The fourth-order valence-electron chi connectivity index (χ4n) is 2.50. The number of halogens is 3. The number of nitrogens with zero attached hydrogens (tertiary/aromatic N) is 1. The predicted octanol–water partition coefficient (Wildman–Crippen LogP) is 5.43. The number of carbonyl (C=O) groups is 2. The third kappa shape index (κ3) is 6.46. The average molecular weight is 477 g/mol. The van der Waals surface area contributed by atoms with Crippen LogP contribution in [0.2, 0.25) is 15.1 Å². The van der Waals surface area contributed by atoms with E-state index in [1.807, 2.05) is 6.07 Å². The third-order valence-corrected chi connectivity index (χ3v) is 4.82. The van der Waals surface area contributed by atoms with E-state index in [-0.39, 0.29) is 28.3 Å². The molecule has 31 heavy (non-hydrogen) atoms. The molecule has 9 heteroatoms. The number of hydrogen-bond donors (Lipinski definition) is 2. The van der Waals surface area contributed by atoms with Gasteiger partial charge in [-0.15, -0.1) is 0 Å². The van der Waals surface area contributed by atoms with Crippen molar-refractivity contribution in [2.75, 3.05) is 11.9 Å². The van der Waals surface area contributed by atoms with Crippen molar-refractivity contribution in [1.82, 2.24) is 5.43 Å². The van der Waals surface area contributed by atoms with E-state index >= 15 is 0 Å². The van der Waals surface area contributed by atoms with Crippen molar-refractivity contribution in [2.24, 2.45) is 5.10 Å². The van der Waals surface area contributed by atoms with E-state index < -0.39 is 5.91 Å². The lowest BCUT2D eigenvalue weighted by atomic mass is 10.2. The van der Waals surface area contributed by atoms with Gasteiger partial charge < -0.3 is 10.1 Å². The molecule has 3 rings (SSSR count). The lowest BCUT2D eigenvalue weighted by Gasteiger charge is -2.11. The summed E-state index contributed by atoms with van der Waals surface area (Å²) in [6.07, 6.45) is 1.40. The Morgan fingerprint density at radius 2 is 1.55 bits per heavy atom. The van der Waals surface area contributed by atoms with Crippen LogP contribution in [0.15, 0.2) is 71.8 Å². The molecule has 0 bridgehead atoms. The van der Waals surface area contributed by atoms with Gasteiger partial charge in [-0.05, 0) is 42.0 Å². The Morgan fingerprint density at radius 3 is 2.23 bits per heavy atom. The van der Waals surface area contributed by atoms with Gasteiger partial charge in [-0.2, -0.15) is 5.10 Å². The first-order valence-corrected chi connectivity index (χ1v) is 10.1. The van der Waals surface area contributed by atoms with E-state index in [1.54, 1.807) is 60.7 Å². The molecule has 0 unspecified atom stereocenters. The van der Waals surface area contributed by atoms with Crippen LogP contribution in [0.25, 0.3) is 0 Å². The number of amides is 2. The monoisotopic (exact) mass is 475 g/mol. The first-order chi connectivity index (χ1) is 14.9. The van der Waals surface area contributed by atoms with Crippen LogP contribution in [0.5, 0.6) is 5.75 Å². The summed E-state index contributed by atoms with van der Waals surface area (Å²) in [7, 11) is 0. The topological polar surface area (TPSA) is 79.8 Å². The molecule has 3 aromatic rings. The third-order valence-electron chi connectivity index (χ3n) is 3.93. The summed E-state index contributed by atoms with van der Waals surface area (Å²) >= 11 is 18.5. The summed E-state index contributed by atoms with van der Waals surface area (Å²) < 4.78 is 5.46. The zero-order valence-electron chi connectivity index (χ0n) is 15.9. The highest BCUT2D eigenvalue weighted by molar-refractivity contribution is 6.37. The highest BCUT2D eigenvalue weighted by Crippen LogP contribution is 2.34. The predicted molar refractivity (Wildman–Crippen MR) is 124 cm³/mol. The summed E-state index contributed by atoms with van der Waals surface area (Å²) in [5.41, 5.74) is 3.91. The van der Waals surface area contributed by atoms with Crippen molar-refractivity contribution in [1.29, 1.82) is 0 Å². The van der Waals surface area contributed by atoms with Crippen LogP contribution in [0, 0.1) is 0 Å². The van der Waals surface area contributed by atoms with Gasteiger partial charge >= 0.3 is 0 Å². The standard InChI is InChI=1S/C22H16Cl3N3O3/c23-16-8-4-5-9-19(16)27-20(29)13-31-21-17(24)10-14(11-18(21)25)12-26-28-22(30)15-6-2-1-3-7-15/h1-12H,13H2,(H,27,29)(H,28,30)/b26-12+. The molecule has 0 aliphatic rings. The largest absolute Gasteiger partial charge is 0.481 e. The molecule has 0 saturated carbocycles. The van der Waals surface area contributed by atoms with Gasteiger partial charge in [-0.1, -0.05) is 65.1 Å². The van der Waals surface area contributed by atoms with Crippen molar-refractivity contribution in [3.8, 4) is 5.75 Å². The average Bonchev–Trinajstić information content (AvgIpc) is 2.75. The molecule has 158 valence electrons. The van der Waals surface area contributed by atoms with Crippen molar-refractivity contribution in [3.05, 3.63) is 92.9 Å². The minimum absolute atomic E-state index is 0.156. The quantitative estimate of drug-likeness (QED) is 0.352. The Kier molecular flexibility index (Phi) is 7.89. The molecule has 2 N–H and O–H groups in total. The SMILES string of the molecule is O=C(COc1c(Cl)cc(/C=N/NC(=O)c2ccccc2)cc1Cl)Nc1ccccc1Cl. The summed E-state index contributed by atoms with van der Waals surface area (Å²) in [6, 6.07) is 18.6. The molecule has 0 spiro atoms. The van der Waals surface area contributed by atoms with Gasteiger partial charge in [0.15, 0.2) is 12.4 Å². The van der Waals surface area contributed by atoms with Crippen molar-refractivity contribution >= 4 is 58.5 Å². The van der Waals surface area contributed by atoms with E-state index in [0.717, 1.165) is 0 Å². The van der Waals surface area contributed by atoms with Crippen LogP contribution in [-0.2, 0) is 4.79 Å². The van der Waals surface area contributed by atoms with E-state index in [4.69, 9.17) is 39.5 Å². The second-order valence-corrected chi connectivity index (χ2v) is 7.42. The fourth-order valence-corrected chi connectivity index (χ4v) is 3.29. The first kappa shape index (κ1) is 22.6. The van der Waals surface area contributed by atoms with E-state index in [0.29, 0.717) is 21.8 Å². The normalized spacial score (nSPS) is 10.7. The molecule has 0 aromatic heterocycles. The Balaban J connectivity index is 1.59. The van der Waals surface area contributed by atoms with Crippen LogP contribution in [0.4, 0.5) is 5.69 Å².